The molecule has 0 saturated carbocycles. The summed E-state index contributed by atoms with van der Waals surface area (Å²) in [6, 6.07) is 0. The highest BCUT2D eigenvalue weighted by Gasteiger charge is 1.64. The van der Waals surface area contributed by atoms with Gasteiger partial charge in [0, 0.05) is 13.2 Å². The minimum Gasteiger partial charge on any atom is -0.394 e. The van der Waals surface area contributed by atoms with Crippen molar-refractivity contribution in [1.29, 1.82) is 0 Å². The fourth-order valence-corrected chi connectivity index (χ4v) is 0.204. The Labute approximate surface area is 161 Å². The SMILES string of the molecule is C=C.C=C.C=C.C=C.C=C.C=C.C=C.C=C.CCOCC.OCCO. The predicted octanol–water partition coefficient (Wildman–Crippen LogP) is 6.43. The van der Waals surface area contributed by atoms with Crippen LogP contribution in [0.4, 0.5) is 0 Å². The Morgan fingerprint density at radius 3 is 0.560 bits per heavy atom. The van der Waals surface area contributed by atoms with Crippen molar-refractivity contribution in [3.05, 3.63) is 105 Å². The van der Waals surface area contributed by atoms with Gasteiger partial charge in [-0.2, -0.15) is 0 Å². The van der Waals surface area contributed by atoms with Crippen molar-refractivity contribution in [1.82, 2.24) is 0 Å². The number of ether oxygens (including phenoxy) is 1. The lowest BCUT2D eigenvalue weighted by Crippen LogP contribution is -1.85. The molecule has 0 aliphatic heterocycles. The fraction of sp³-hybridized carbons (Fsp3) is 0.273. The molecule has 0 aromatic carbocycles. The third kappa shape index (κ3) is 13400. The average molecular weight is 361 g/mol. The molecule has 0 saturated heterocycles. The van der Waals surface area contributed by atoms with Crippen LogP contribution >= 0.6 is 0 Å². The molecule has 0 rings (SSSR count). The van der Waals surface area contributed by atoms with Crippen LogP contribution in [-0.4, -0.2) is 36.6 Å². The van der Waals surface area contributed by atoms with Crippen LogP contribution in [0.5, 0.6) is 0 Å². The van der Waals surface area contributed by atoms with E-state index in [1.54, 1.807) is 0 Å². The van der Waals surface area contributed by atoms with Gasteiger partial charge in [-0.15, -0.1) is 105 Å². The number of aliphatic hydroxyl groups excluding tert-OH is 2. The zero-order chi connectivity index (χ0) is 23.5. The Morgan fingerprint density at radius 2 is 0.560 bits per heavy atom. The lowest BCUT2D eigenvalue weighted by atomic mass is 10.8. The maximum atomic E-state index is 7.62. The smallest absolute Gasteiger partial charge is 0.0662 e. The molecule has 0 atom stereocenters. The van der Waals surface area contributed by atoms with E-state index in [0.717, 1.165) is 13.2 Å². The molecule has 0 fully saturated rings. The predicted molar refractivity (Wildman–Crippen MR) is 126 cm³/mol. The first-order chi connectivity index (χ1) is 12.3. The Kier molecular flexibility index (Phi) is 3180. The zero-order valence-electron chi connectivity index (χ0n) is 17.4. The van der Waals surface area contributed by atoms with Crippen LogP contribution in [0.15, 0.2) is 105 Å². The van der Waals surface area contributed by atoms with E-state index >= 15 is 0 Å². The third-order valence-corrected chi connectivity index (χ3v) is 0.508. The molecule has 0 aromatic heterocycles. The van der Waals surface area contributed by atoms with Crippen LogP contribution in [0.1, 0.15) is 13.8 Å². The van der Waals surface area contributed by atoms with Gasteiger partial charge in [-0.25, -0.2) is 0 Å². The van der Waals surface area contributed by atoms with Gasteiger partial charge in [-0.1, -0.05) is 0 Å². The van der Waals surface area contributed by atoms with Gasteiger partial charge in [0.15, 0.2) is 0 Å². The van der Waals surface area contributed by atoms with Crippen molar-refractivity contribution < 1.29 is 14.9 Å². The van der Waals surface area contributed by atoms with Gasteiger partial charge < -0.3 is 14.9 Å². The molecule has 3 heteroatoms. The van der Waals surface area contributed by atoms with Gasteiger partial charge in [0.25, 0.3) is 0 Å². The normalized spacial score (nSPS) is 4.16. The summed E-state index contributed by atoms with van der Waals surface area (Å²) >= 11 is 0. The van der Waals surface area contributed by atoms with Crippen LogP contribution in [0.2, 0.25) is 0 Å². The van der Waals surface area contributed by atoms with E-state index in [9.17, 15) is 0 Å². The van der Waals surface area contributed by atoms with E-state index in [0.29, 0.717) is 0 Å². The molecule has 0 bridgehead atoms. The van der Waals surface area contributed by atoms with Crippen LogP contribution in [-0.2, 0) is 4.74 Å². The van der Waals surface area contributed by atoms with Crippen molar-refractivity contribution in [2.45, 2.75) is 13.8 Å². The summed E-state index contributed by atoms with van der Waals surface area (Å²) in [5, 5.41) is 15.2. The van der Waals surface area contributed by atoms with Crippen molar-refractivity contribution >= 4 is 0 Å². The molecule has 154 valence electrons. The summed E-state index contributed by atoms with van der Waals surface area (Å²) in [5.41, 5.74) is 0. The second-order valence-electron chi connectivity index (χ2n) is 1.23. The molecule has 0 aliphatic rings. The van der Waals surface area contributed by atoms with E-state index in [1.807, 2.05) is 13.8 Å². The second kappa shape index (κ2) is 1200. The van der Waals surface area contributed by atoms with Gasteiger partial charge in [-0.3, -0.25) is 0 Å². The standard InChI is InChI=1S/C4H10O.C2H6O2.8C2H4/c1-3-5-4-2;3-1-2-4;8*1-2/h3-4H2,1-2H3;3-4H,1-2H2;8*1-2H2. The van der Waals surface area contributed by atoms with E-state index in [2.05, 4.69) is 105 Å². The first-order valence-electron chi connectivity index (χ1n) is 7.12. The van der Waals surface area contributed by atoms with Gasteiger partial charge in [-0.05, 0) is 13.8 Å². The highest BCUT2D eigenvalue weighted by atomic mass is 16.5. The topological polar surface area (TPSA) is 49.7 Å². The first-order valence-corrected chi connectivity index (χ1v) is 7.12. The molecule has 25 heavy (non-hydrogen) atoms. The van der Waals surface area contributed by atoms with Crippen LogP contribution in [0.3, 0.4) is 0 Å². The molecule has 0 amide bonds. The summed E-state index contributed by atoms with van der Waals surface area (Å²) in [7, 11) is 0. The zero-order valence-corrected chi connectivity index (χ0v) is 17.4. The molecule has 0 aliphatic carbocycles. The Hall–Kier alpha value is -2.20. The molecular weight excluding hydrogens is 312 g/mol. The van der Waals surface area contributed by atoms with Gasteiger partial charge in [0.05, 0.1) is 13.2 Å². The monoisotopic (exact) mass is 360 g/mol. The molecule has 0 radical (unpaired) electrons. The minimum absolute atomic E-state index is 0.125. The highest BCUT2D eigenvalue weighted by Crippen LogP contribution is 1.64. The van der Waals surface area contributed by atoms with Crippen LogP contribution in [0.25, 0.3) is 0 Å². The Balaban J connectivity index is -0.0000000130. The van der Waals surface area contributed by atoms with Crippen molar-refractivity contribution in [2.24, 2.45) is 0 Å². The second-order valence-corrected chi connectivity index (χ2v) is 1.23. The van der Waals surface area contributed by atoms with E-state index in [1.165, 1.54) is 0 Å². The van der Waals surface area contributed by atoms with Crippen LogP contribution in [0, 0.1) is 0 Å². The average Bonchev–Trinajstić information content (AvgIpc) is 2.80. The van der Waals surface area contributed by atoms with Gasteiger partial charge in [0.1, 0.15) is 0 Å². The van der Waals surface area contributed by atoms with E-state index < -0.39 is 0 Å². The maximum absolute atomic E-state index is 7.62. The lowest BCUT2D eigenvalue weighted by molar-refractivity contribution is 0.162. The maximum Gasteiger partial charge on any atom is 0.0662 e. The highest BCUT2D eigenvalue weighted by molar-refractivity contribution is 4.23. The number of rotatable bonds is 3. The summed E-state index contributed by atoms with van der Waals surface area (Å²) < 4.78 is 4.83. The summed E-state index contributed by atoms with van der Waals surface area (Å²) in [6.45, 7) is 53.4. The quantitative estimate of drug-likeness (QED) is 0.570. The molecule has 0 spiro atoms. The number of hydrogen-bond acceptors (Lipinski definition) is 3. The van der Waals surface area contributed by atoms with Crippen molar-refractivity contribution in [3.8, 4) is 0 Å². The van der Waals surface area contributed by atoms with Gasteiger partial charge in [0.2, 0.25) is 0 Å². The first kappa shape index (κ1) is 66.1. The van der Waals surface area contributed by atoms with Crippen LogP contribution < -0.4 is 0 Å². The third-order valence-electron chi connectivity index (χ3n) is 0.508. The number of aliphatic hydroxyl groups is 2. The molecule has 3 nitrogen and oxygen atoms in total. The summed E-state index contributed by atoms with van der Waals surface area (Å²) in [6.07, 6.45) is 0. The van der Waals surface area contributed by atoms with E-state index in [4.69, 9.17) is 14.9 Å². The van der Waals surface area contributed by atoms with E-state index in [-0.39, 0.29) is 13.2 Å². The van der Waals surface area contributed by atoms with Crippen molar-refractivity contribution in [2.75, 3.05) is 26.4 Å². The number of hydrogen-bond donors (Lipinski definition) is 2. The largest absolute Gasteiger partial charge is 0.394 e. The molecular formula is C22H48O3. The van der Waals surface area contributed by atoms with Crippen molar-refractivity contribution in [3.63, 3.8) is 0 Å². The molecule has 0 heterocycles. The molecule has 0 aromatic rings. The summed E-state index contributed by atoms with van der Waals surface area (Å²) in [5.74, 6) is 0. The Bertz CT molecular complexity index is 81.4. The van der Waals surface area contributed by atoms with Gasteiger partial charge >= 0.3 is 0 Å². The molecule has 0 unspecified atom stereocenters. The lowest BCUT2D eigenvalue weighted by Gasteiger charge is -1.86. The molecule has 2 N–H and O–H groups in total. The Morgan fingerprint density at radius 1 is 0.440 bits per heavy atom. The minimum atomic E-state index is -0.125. The summed E-state index contributed by atoms with van der Waals surface area (Å²) in [4.78, 5) is 0. The fourth-order valence-electron chi connectivity index (χ4n) is 0.204.